The van der Waals surface area contributed by atoms with Crippen molar-refractivity contribution in [3.8, 4) is 0 Å². The van der Waals surface area contributed by atoms with Gasteiger partial charge in [0.1, 0.15) is 5.76 Å². The molecule has 3 N–H and O–H groups in total. The molecule has 0 spiro atoms. The van der Waals surface area contributed by atoms with Gasteiger partial charge < -0.3 is 25.0 Å². The van der Waals surface area contributed by atoms with E-state index in [1.807, 2.05) is 19.1 Å². The quantitative estimate of drug-likeness (QED) is 0.710. The number of amides is 1. The lowest BCUT2D eigenvalue weighted by molar-refractivity contribution is 0.100. The maximum absolute atomic E-state index is 11.6. The number of carbonyl (C=O) groups is 1. The highest BCUT2D eigenvalue weighted by Gasteiger charge is 2.24. The van der Waals surface area contributed by atoms with E-state index < -0.39 is 6.10 Å². The van der Waals surface area contributed by atoms with Gasteiger partial charge in [-0.15, -0.1) is 0 Å². The molecule has 1 aromatic carbocycles. The predicted molar refractivity (Wildman–Crippen MR) is 123 cm³/mol. The first kappa shape index (κ1) is 21.7. The minimum absolute atomic E-state index is 0.387. The smallest absolute Gasteiger partial charge is 0.248 e. The molecular formula is C25H33N3O3. The summed E-state index contributed by atoms with van der Waals surface area (Å²) in [6, 6.07) is 8.21. The fourth-order valence-corrected chi connectivity index (χ4v) is 5.05. The Morgan fingerprint density at radius 2 is 2.06 bits per heavy atom. The van der Waals surface area contributed by atoms with E-state index in [0.29, 0.717) is 11.6 Å². The second-order valence-corrected chi connectivity index (χ2v) is 8.67. The molecule has 1 saturated heterocycles. The van der Waals surface area contributed by atoms with Crippen molar-refractivity contribution in [2.24, 2.45) is 5.73 Å². The largest absolute Gasteiger partial charge is 0.497 e. The zero-order chi connectivity index (χ0) is 22.0. The highest BCUT2D eigenvalue weighted by Crippen LogP contribution is 2.32. The molecule has 1 aliphatic carbocycles. The number of aliphatic hydroxyl groups excluding tert-OH is 1. The van der Waals surface area contributed by atoms with Crippen LogP contribution in [0.1, 0.15) is 55.4 Å². The summed E-state index contributed by atoms with van der Waals surface area (Å²) in [6.07, 6.45) is 8.74. The van der Waals surface area contributed by atoms with Crippen LogP contribution < -0.4 is 5.73 Å². The monoisotopic (exact) mass is 423 g/mol. The van der Waals surface area contributed by atoms with Gasteiger partial charge in [-0.1, -0.05) is 6.07 Å². The molecule has 2 aromatic rings. The van der Waals surface area contributed by atoms with Gasteiger partial charge in [-0.3, -0.25) is 4.79 Å². The molecule has 1 unspecified atom stereocenters. The topological polar surface area (TPSA) is 80.7 Å². The average molecular weight is 424 g/mol. The molecule has 2 aliphatic rings. The average Bonchev–Trinajstić information content (AvgIpc) is 3.21. The van der Waals surface area contributed by atoms with Gasteiger partial charge in [-0.25, -0.2) is 0 Å². The number of aliphatic hydroxyl groups is 1. The van der Waals surface area contributed by atoms with Crippen LogP contribution in [0.5, 0.6) is 0 Å². The number of piperidine rings is 1. The van der Waals surface area contributed by atoms with E-state index in [2.05, 4.69) is 27.8 Å². The van der Waals surface area contributed by atoms with Crippen molar-refractivity contribution in [3.05, 3.63) is 59.0 Å². The fourth-order valence-electron chi connectivity index (χ4n) is 5.05. The second-order valence-electron chi connectivity index (χ2n) is 8.67. The van der Waals surface area contributed by atoms with E-state index in [0.717, 1.165) is 74.0 Å². The molecule has 1 fully saturated rings. The van der Waals surface area contributed by atoms with Crippen LogP contribution in [0.25, 0.3) is 10.9 Å². The van der Waals surface area contributed by atoms with Crippen LogP contribution in [0, 0.1) is 0 Å². The van der Waals surface area contributed by atoms with E-state index >= 15 is 0 Å². The van der Waals surface area contributed by atoms with Crippen LogP contribution in [0.15, 0.2) is 53.4 Å². The molecule has 6 heteroatoms. The molecule has 1 aromatic heterocycles. The van der Waals surface area contributed by atoms with E-state index in [4.69, 9.17) is 10.5 Å². The number of primary amides is 1. The Morgan fingerprint density at radius 1 is 1.29 bits per heavy atom. The molecule has 4 rings (SSSR count). The van der Waals surface area contributed by atoms with Crippen LogP contribution in [-0.2, 0) is 4.74 Å². The zero-order valence-corrected chi connectivity index (χ0v) is 18.5. The summed E-state index contributed by atoms with van der Waals surface area (Å²) in [6.45, 7) is 4.88. The minimum atomic E-state index is -0.424. The number of ether oxygens (including phenoxy) is 1. The lowest BCUT2D eigenvalue weighted by Crippen LogP contribution is -2.35. The third-order valence-corrected chi connectivity index (χ3v) is 6.79. The molecule has 31 heavy (non-hydrogen) atoms. The van der Waals surface area contributed by atoms with Crippen LogP contribution >= 0.6 is 0 Å². The summed E-state index contributed by atoms with van der Waals surface area (Å²) in [5, 5.41) is 11.3. The number of methoxy groups -OCH3 is 1. The first-order valence-electron chi connectivity index (χ1n) is 11.2. The maximum atomic E-state index is 11.6. The van der Waals surface area contributed by atoms with E-state index in [1.54, 1.807) is 13.2 Å². The molecule has 1 aliphatic heterocycles. The summed E-state index contributed by atoms with van der Waals surface area (Å²) in [7, 11) is 1.72. The SMILES string of the molecule is COC1=CCCC(C(C)O)=C1CCN1CCC(n2ccc3ccc(C(N)=O)cc32)CC1. The maximum Gasteiger partial charge on any atom is 0.248 e. The fraction of sp³-hybridized carbons (Fsp3) is 0.480. The molecule has 1 amide bonds. The molecule has 0 radical (unpaired) electrons. The lowest BCUT2D eigenvalue weighted by atomic mass is 9.90. The Labute approximate surface area is 184 Å². The molecule has 1 atom stereocenters. The summed E-state index contributed by atoms with van der Waals surface area (Å²) < 4.78 is 7.90. The standard InChI is InChI=1S/C25H33N3O3/c1-17(29)21-4-3-5-24(31-2)22(21)11-14-27-12-9-20(10-13-27)28-15-8-18-6-7-19(25(26)30)16-23(18)28/h5-8,15-17,20,29H,3-4,9-14H2,1-2H3,(H2,26,30). The number of hydrogen-bond acceptors (Lipinski definition) is 4. The highest BCUT2D eigenvalue weighted by atomic mass is 16.5. The Morgan fingerprint density at radius 3 is 2.74 bits per heavy atom. The normalized spacial score (nSPS) is 19.5. The summed E-state index contributed by atoms with van der Waals surface area (Å²) in [5.74, 6) is 0.545. The van der Waals surface area contributed by atoms with Gasteiger partial charge in [0.05, 0.1) is 13.2 Å². The molecule has 2 heterocycles. The van der Waals surface area contributed by atoms with Crippen molar-refractivity contribution in [1.82, 2.24) is 9.47 Å². The van der Waals surface area contributed by atoms with Crippen molar-refractivity contribution >= 4 is 16.8 Å². The molecule has 166 valence electrons. The number of likely N-dealkylation sites (tertiary alicyclic amines) is 1. The molecule has 0 saturated carbocycles. The van der Waals surface area contributed by atoms with E-state index in [9.17, 15) is 9.90 Å². The number of benzene rings is 1. The summed E-state index contributed by atoms with van der Waals surface area (Å²) in [4.78, 5) is 14.1. The lowest BCUT2D eigenvalue weighted by Gasteiger charge is -2.34. The summed E-state index contributed by atoms with van der Waals surface area (Å²) in [5.41, 5.74) is 9.42. The number of nitrogens with two attached hydrogens (primary N) is 1. The zero-order valence-electron chi connectivity index (χ0n) is 18.5. The number of fused-ring (bicyclic) bond motifs is 1. The third kappa shape index (κ3) is 4.55. The van der Waals surface area contributed by atoms with E-state index in [-0.39, 0.29) is 5.91 Å². The van der Waals surface area contributed by atoms with Crippen molar-refractivity contribution in [3.63, 3.8) is 0 Å². The Balaban J connectivity index is 1.40. The van der Waals surface area contributed by atoms with Crippen molar-refractivity contribution in [1.29, 1.82) is 0 Å². The van der Waals surface area contributed by atoms with Gasteiger partial charge in [0.25, 0.3) is 0 Å². The van der Waals surface area contributed by atoms with Gasteiger partial charge in [0.2, 0.25) is 5.91 Å². The van der Waals surface area contributed by atoms with Crippen LogP contribution in [0.2, 0.25) is 0 Å². The number of allylic oxidation sites excluding steroid dienone is 2. The van der Waals surface area contributed by atoms with Crippen LogP contribution in [0.3, 0.4) is 0 Å². The first-order chi connectivity index (χ1) is 15.0. The van der Waals surface area contributed by atoms with Crippen molar-refractivity contribution in [2.75, 3.05) is 26.7 Å². The van der Waals surface area contributed by atoms with Gasteiger partial charge in [0.15, 0.2) is 0 Å². The van der Waals surface area contributed by atoms with Gasteiger partial charge in [0, 0.05) is 43.0 Å². The number of aromatic nitrogens is 1. The molecular weight excluding hydrogens is 390 g/mol. The second kappa shape index (κ2) is 9.28. The van der Waals surface area contributed by atoms with Crippen LogP contribution in [0.4, 0.5) is 0 Å². The summed E-state index contributed by atoms with van der Waals surface area (Å²) >= 11 is 0. The number of carbonyl (C=O) groups excluding carboxylic acids is 1. The van der Waals surface area contributed by atoms with Gasteiger partial charge in [-0.05, 0) is 79.8 Å². The Bertz CT molecular complexity index is 1010. The van der Waals surface area contributed by atoms with Gasteiger partial charge >= 0.3 is 0 Å². The predicted octanol–water partition coefficient (Wildman–Crippen LogP) is 3.77. The number of rotatable bonds is 7. The minimum Gasteiger partial charge on any atom is -0.497 e. The Hall–Kier alpha value is -2.57. The molecule has 6 nitrogen and oxygen atoms in total. The van der Waals surface area contributed by atoms with Crippen LogP contribution in [-0.4, -0.2) is 53.3 Å². The third-order valence-electron chi connectivity index (χ3n) is 6.79. The van der Waals surface area contributed by atoms with Crippen molar-refractivity contribution < 1.29 is 14.6 Å². The Kier molecular flexibility index (Phi) is 6.49. The number of hydrogen-bond donors (Lipinski definition) is 2. The van der Waals surface area contributed by atoms with E-state index in [1.165, 1.54) is 5.57 Å². The first-order valence-corrected chi connectivity index (χ1v) is 11.2. The number of nitrogens with zero attached hydrogens (tertiary/aromatic N) is 2. The van der Waals surface area contributed by atoms with Crippen molar-refractivity contribution in [2.45, 2.75) is 51.2 Å². The highest BCUT2D eigenvalue weighted by molar-refractivity contribution is 5.97. The molecule has 0 bridgehead atoms. The van der Waals surface area contributed by atoms with Gasteiger partial charge in [-0.2, -0.15) is 0 Å².